The maximum Gasteiger partial charge on any atom is 0.320 e. The molecule has 1 atom stereocenters. The molecule has 0 spiro atoms. The summed E-state index contributed by atoms with van der Waals surface area (Å²) in [5.41, 5.74) is 0.816. The van der Waals surface area contributed by atoms with E-state index in [0.29, 0.717) is 18.5 Å². The Bertz CT molecular complexity index is 466. The summed E-state index contributed by atoms with van der Waals surface area (Å²) in [5.74, 6) is 0.645. The average molecular weight is 318 g/mol. The number of nitrogens with one attached hydrogen (secondary N) is 1. The molecule has 5 nitrogen and oxygen atoms in total. The SMILES string of the molecule is C=NC(=CC=CC)CN(C)C(=O)N1CCCC1C1CCNCC1. The minimum absolute atomic E-state index is 0.126. The number of carbonyl (C=O) groups is 1. The predicted molar refractivity (Wildman–Crippen MR) is 95.8 cm³/mol. The molecule has 5 heteroatoms. The van der Waals surface area contributed by atoms with Gasteiger partial charge in [-0.1, -0.05) is 12.2 Å². The molecule has 128 valence electrons. The zero-order chi connectivity index (χ0) is 16.7. The highest BCUT2D eigenvalue weighted by Crippen LogP contribution is 2.30. The molecule has 2 rings (SSSR count). The lowest BCUT2D eigenvalue weighted by molar-refractivity contribution is 0.134. The van der Waals surface area contributed by atoms with Crippen LogP contribution < -0.4 is 5.32 Å². The quantitative estimate of drug-likeness (QED) is 0.626. The van der Waals surface area contributed by atoms with Crippen molar-refractivity contribution in [3.63, 3.8) is 0 Å². The smallest absolute Gasteiger partial charge is 0.320 e. The van der Waals surface area contributed by atoms with E-state index in [2.05, 4.69) is 21.9 Å². The summed E-state index contributed by atoms with van der Waals surface area (Å²) in [6, 6.07) is 0.535. The Balaban J connectivity index is 1.98. The van der Waals surface area contributed by atoms with Crippen molar-refractivity contribution in [3.8, 4) is 0 Å². The number of aliphatic imine (C=N–C) groups is 1. The molecule has 0 radical (unpaired) electrons. The minimum atomic E-state index is 0.126. The van der Waals surface area contributed by atoms with Crippen molar-refractivity contribution in [2.24, 2.45) is 10.9 Å². The molecule has 0 aromatic carbocycles. The highest BCUT2D eigenvalue weighted by molar-refractivity contribution is 5.75. The van der Waals surface area contributed by atoms with Gasteiger partial charge in [-0.15, -0.1) is 0 Å². The summed E-state index contributed by atoms with van der Waals surface area (Å²) < 4.78 is 0. The van der Waals surface area contributed by atoms with Crippen LogP contribution in [0.15, 0.2) is 28.9 Å². The molecule has 1 N–H and O–H groups in total. The first-order valence-electron chi connectivity index (χ1n) is 8.68. The summed E-state index contributed by atoms with van der Waals surface area (Å²) in [6.07, 6.45) is 10.4. The van der Waals surface area contributed by atoms with Crippen LogP contribution >= 0.6 is 0 Å². The molecular weight excluding hydrogens is 288 g/mol. The number of likely N-dealkylation sites (tertiary alicyclic amines) is 1. The van der Waals surface area contributed by atoms with Gasteiger partial charge < -0.3 is 15.1 Å². The molecule has 0 aromatic rings. The fourth-order valence-electron chi connectivity index (χ4n) is 3.64. The Morgan fingerprint density at radius 1 is 1.39 bits per heavy atom. The van der Waals surface area contributed by atoms with Crippen LogP contribution in [0.3, 0.4) is 0 Å². The van der Waals surface area contributed by atoms with Gasteiger partial charge in [-0.05, 0) is 64.4 Å². The highest BCUT2D eigenvalue weighted by atomic mass is 16.2. The molecule has 23 heavy (non-hydrogen) atoms. The number of hydrogen-bond acceptors (Lipinski definition) is 3. The van der Waals surface area contributed by atoms with Gasteiger partial charge >= 0.3 is 6.03 Å². The van der Waals surface area contributed by atoms with Crippen molar-refractivity contribution in [2.45, 2.75) is 38.6 Å². The Labute approximate surface area is 140 Å². The number of allylic oxidation sites excluding steroid dienone is 3. The van der Waals surface area contributed by atoms with Crippen LogP contribution in [-0.4, -0.2) is 61.8 Å². The standard InChI is InChI=1S/C18H30N4O/c1-4-5-7-16(19-2)14-21(3)18(23)22-13-6-8-17(22)15-9-11-20-12-10-15/h4-5,7,15,17,20H,2,6,8-14H2,1,3H3. The maximum absolute atomic E-state index is 12.9. The zero-order valence-electron chi connectivity index (χ0n) is 14.5. The molecule has 2 amide bonds. The van der Waals surface area contributed by atoms with E-state index in [1.54, 1.807) is 4.90 Å². The van der Waals surface area contributed by atoms with Gasteiger partial charge in [-0.25, -0.2) is 4.79 Å². The topological polar surface area (TPSA) is 47.9 Å². The lowest BCUT2D eigenvalue weighted by atomic mass is 9.89. The summed E-state index contributed by atoms with van der Waals surface area (Å²) in [4.78, 5) is 20.7. The maximum atomic E-state index is 12.9. The molecule has 1 unspecified atom stereocenters. The van der Waals surface area contributed by atoms with Crippen LogP contribution in [0.1, 0.15) is 32.6 Å². The van der Waals surface area contributed by atoms with E-state index >= 15 is 0 Å². The van der Waals surface area contributed by atoms with E-state index in [1.807, 2.05) is 32.2 Å². The van der Waals surface area contributed by atoms with Crippen LogP contribution in [-0.2, 0) is 0 Å². The van der Waals surface area contributed by atoms with Gasteiger partial charge in [-0.2, -0.15) is 0 Å². The van der Waals surface area contributed by atoms with Gasteiger partial charge in [0.2, 0.25) is 0 Å². The fourth-order valence-corrected chi connectivity index (χ4v) is 3.64. The molecule has 2 saturated heterocycles. The van der Waals surface area contributed by atoms with Gasteiger partial charge in [0.25, 0.3) is 0 Å². The fraction of sp³-hybridized carbons (Fsp3) is 0.667. The van der Waals surface area contributed by atoms with E-state index in [9.17, 15) is 4.79 Å². The van der Waals surface area contributed by atoms with E-state index in [0.717, 1.165) is 38.2 Å². The average Bonchev–Trinajstić information content (AvgIpc) is 3.08. The van der Waals surface area contributed by atoms with Crippen molar-refractivity contribution < 1.29 is 4.79 Å². The Morgan fingerprint density at radius 2 is 2.13 bits per heavy atom. The summed E-state index contributed by atoms with van der Waals surface area (Å²) in [7, 11) is 1.86. The lowest BCUT2D eigenvalue weighted by Crippen LogP contribution is -2.48. The van der Waals surface area contributed by atoms with Crippen molar-refractivity contribution in [1.82, 2.24) is 15.1 Å². The third-order valence-corrected chi connectivity index (χ3v) is 4.88. The number of hydrogen-bond donors (Lipinski definition) is 1. The molecule has 2 aliphatic heterocycles. The lowest BCUT2D eigenvalue weighted by Gasteiger charge is -2.36. The second-order valence-corrected chi connectivity index (χ2v) is 6.47. The largest absolute Gasteiger partial charge is 0.322 e. The number of nitrogens with zero attached hydrogens (tertiary/aromatic N) is 3. The van der Waals surface area contributed by atoms with Crippen LogP contribution in [0.25, 0.3) is 0 Å². The second kappa shape index (κ2) is 8.87. The van der Waals surface area contributed by atoms with Gasteiger partial charge in [0.05, 0.1) is 12.2 Å². The number of carbonyl (C=O) groups excluding carboxylic acids is 1. The second-order valence-electron chi connectivity index (χ2n) is 6.47. The predicted octanol–water partition coefficient (Wildman–Crippen LogP) is 2.66. The number of rotatable bonds is 5. The third-order valence-electron chi connectivity index (χ3n) is 4.88. The number of likely N-dealkylation sites (N-methyl/N-ethyl adjacent to an activating group) is 1. The number of urea groups is 1. The van der Waals surface area contributed by atoms with Crippen molar-refractivity contribution in [3.05, 3.63) is 23.9 Å². The van der Waals surface area contributed by atoms with Gasteiger partial charge in [0.15, 0.2) is 0 Å². The van der Waals surface area contributed by atoms with Crippen molar-refractivity contribution in [1.29, 1.82) is 0 Å². The van der Waals surface area contributed by atoms with Crippen molar-refractivity contribution in [2.75, 3.05) is 33.2 Å². The van der Waals surface area contributed by atoms with Gasteiger partial charge in [0.1, 0.15) is 0 Å². The molecule has 2 aliphatic rings. The minimum Gasteiger partial charge on any atom is -0.322 e. The molecule has 2 fully saturated rings. The molecule has 2 heterocycles. The highest BCUT2D eigenvalue weighted by Gasteiger charge is 2.36. The van der Waals surface area contributed by atoms with Crippen LogP contribution in [0.5, 0.6) is 0 Å². The Kier molecular flexibility index (Phi) is 6.84. The molecule has 0 aromatic heterocycles. The van der Waals surface area contributed by atoms with Crippen molar-refractivity contribution >= 4 is 12.7 Å². The summed E-state index contributed by atoms with van der Waals surface area (Å²) in [6.45, 7) is 9.10. The summed E-state index contributed by atoms with van der Waals surface area (Å²) >= 11 is 0. The Morgan fingerprint density at radius 3 is 2.78 bits per heavy atom. The summed E-state index contributed by atoms with van der Waals surface area (Å²) in [5, 5.41) is 3.41. The Hall–Kier alpha value is -1.62. The molecule has 0 bridgehead atoms. The first kappa shape index (κ1) is 17.7. The normalized spacial score (nSPS) is 23.5. The van der Waals surface area contributed by atoms with E-state index in [-0.39, 0.29) is 6.03 Å². The van der Waals surface area contributed by atoms with Crippen LogP contribution in [0.2, 0.25) is 0 Å². The number of piperidine rings is 1. The molecular formula is C18H30N4O. The monoisotopic (exact) mass is 318 g/mol. The van der Waals surface area contributed by atoms with E-state index < -0.39 is 0 Å². The van der Waals surface area contributed by atoms with Gasteiger partial charge in [-0.3, -0.25) is 4.99 Å². The van der Waals surface area contributed by atoms with E-state index in [1.165, 1.54) is 12.8 Å². The van der Waals surface area contributed by atoms with E-state index in [4.69, 9.17) is 0 Å². The van der Waals surface area contributed by atoms with Crippen LogP contribution in [0, 0.1) is 5.92 Å². The zero-order valence-corrected chi connectivity index (χ0v) is 14.5. The first-order valence-corrected chi connectivity index (χ1v) is 8.68. The number of amides is 2. The van der Waals surface area contributed by atoms with Gasteiger partial charge in [0, 0.05) is 19.6 Å². The molecule has 0 aliphatic carbocycles. The third kappa shape index (κ3) is 4.67. The van der Waals surface area contributed by atoms with Crippen LogP contribution in [0.4, 0.5) is 4.79 Å². The first-order chi connectivity index (χ1) is 11.2. The molecule has 0 saturated carbocycles.